The Kier molecular flexibility index (Phi) is 6.45. The van der Waals surface area contributed by atoms with E-state index in [0.717, 1.165) is 57.4 Å². The van der Waals surface area contributed by atoms with E-state index < -0.39 is 0 Å². The predicted molar refractivity (Wildman–Crippen MR) is 114 cm³/mol. The molecule has 0 spiro atoms. The van der Waals surface area contributed by atoms with Crippen molar-refractivity contribution >= 4 is 18.1 Å². The highest BCUT2D eigenvalue weighted by Crippen LogP contribution is 2.19. The fourth-order valence-corrected chi connectivity index (χ4v) is 4.60. The van der Waals surface area contributed by atoms with Crippen molar-refractivity contribution < 1.29 is 14.1 Å². The molecule has 29 heavy (non-hydrogen) atoms. The average molecular weight is 416 g/mol. The van der Waals surface area contributed by atoms with Gasteiger partial charge in [0.25, 0.3) is 4.84 Å². The van der Waals surface area contributed by atoms with E-state index in [1.807, 2.05) is 24.3 Å². The number of carbonyl (C=O) groups excluding carboxylic acids is 1. The Bertz CT molecular complexity index is 873. The van der Waals surface area contributed by atoms with Gasteiger partial charge in [-0.3, -0.25) is 4.79 Å². The molecule has 0 radical (unpaired) electrons. The lowest BCUT2D eigenvalue weighted by Crippen LogP contribution is -3.12. The van der Waals surface area contributed by atoms with Crippen molar-refractivity contribution in [1.29, 1.82) is 0 Å². The van der Waals surface area contributed by atoms with Gasteiger partial charge in [-0.25, -0.2) is 0 Å². The second-order valence-electron chi connectivity index (χ2n) is 8.46. The number of nitrogens with zero attached hydrogens (tertiary/aromatic N) is 3. The van der Waals surface area contributed by atoms with Crippen LogP contribution in [0.1, 0.15) is 44.1 Å². The van der Waals surface area contributed by atoms with Crippen LogP contribution in [0.2, 0.25) is 0 Å². The van der Waals surface area contributed by atoms with E-state index >= 15 is 0 Å². The molecule has 0 bridgehead atoms. The first-order valence-electron chi connectivity index (χ1n) is 10.9. The third-order valence-corrected chi connectivity index (χ3v) is 6.53. The first-order valence-corrected chi connectivity index (χ1v) is 11.3. The van der Waals surface area contributed by atoms with Gasteiger partial charge >= 0.3 is 0 Å². The van der Waals surface area contributed by atoms with Crippen molar-refractivity contribution in [2.45, 2.75) is 52.1 Å². The minimum atomic E-state index is 0.185. The summed E-state index contributed by atoms with van der Waals surface area (Å²) >= 11 is 5.39. The van der Waals surface area contributed by atoms with Crippen LogP contribution < -0.4 is 4.90 Å². The third-order valence-electron chi connectivity index (χ3n) is 6.24. The zero-order valence-corrected chi connectivity index (χ0v) is 18.0. The van der Waals surface area contributed by atoms with Crippen LogP contribution in [0.4, 0.5) is 0 Å². The molecule has 2 aliphatic heterocycles. The minimum absolute atomic E-state index is 0.185. The van der Waals surface area contributed by atoms with Crippen LogP contribution in [0, 0.1) is 17.7 Å². The molecule has 1 aromatic carbocycles. The van der Waals surface area contributed by atoms with Gasteiger partial charge in [-0.05, 0) is 44.1 Å². The number of piperidine rings is 1. The largest absolute Gasteiger partial charge is 0.409 e. The van der Waals surface area contributed by atoms with Crippen LogP contribution in [0.3, 0.4) is 0 Å². The normalized spacial score (nSPS) is 23.0. The van der Waals surface area contributed by atoms with E-state index in [4.69, 9.17) is 16.6 Å². The summed E-state index contributed by atoms with van der Waals surface area (Å²) in [6.45, 7) is 6.59. The maximum absolute atomic E-state index is 12.9. The van der Waals surface area contributed by atoms with Gasteiger partial charge in [0.15, 0.2) is 6.67 Å². The molecule has 2 aromatic rings. The van der Waals surface area contributed by atoms with Crippen LogP contribution in [0.25, 0.3) is 11.5 Å². The van der Waals surface area contributed by atoms with Gasteiger partial charge in [-0.15, -0.1) is 5.10 Å². The molecule has 2 aliphatic rings. The number of carbonyl (C=O) groups is 1. The highest BCUT2D eigenvalue weighted by Gasteiger charge is 2.31. The van der Waals surface area contributed by atoms with E-state index in [1.54, 1.807) is 4.68 Å². The summed E-state index contributed by atoms with van der Waals surface area (Å²) in [6.07, 6.45) is 6.72. The molecule has 4 rings (SSSR count). The van der Waals surface area contributed by atoms with E-state index in [1.165, 1.54) is 23.3 Å². The van der Waals surface area contributed by atoms with Crippen LogP contribution in [0.15, 0.2) is 28.7 Å². The van der Waals surface area contributed by atoms with Gasteiger partial charge in [0.2, 0.25) is 11.8 Å². The zero-order chi connectivity index (χ0) is 20.2. The lowest BCUT2D eigenvalue weighted by molar-refractivity contribution is -0.929. The summed E-state index contributed by atoms with van der Waals surface area (Å²) in [6, 6.07) is 8.11. The van der Waals surface area contributed by atoms with E-state index in [0.29, 0.717) is 23.3 Å². The second kappa shape index (κ2) is 9.22. The summed E-state index contributed by atoms with van der Waals surface area (Å²) < 4.78 is 7.51. The van der Waals surface area contributed by atoms with Gasteiger partial charge in [-0.2, -0.15) is 4.68 Å². The van der Waals surface area contributed by atoms with Gasteiger partial charge in [0, 0.05) is 37.4 Å². The van der Waals surface area contributed by atoms with E-state index in [9.17, 15) is 4.79 Å². The fourth-order valence-electron chi connectivity index (χ4n) is 4.41. The number of rotatable bonds is 4. The van der Waals surface area contributed by atoms with Gasteiger partial charge in [0.05, 0.1) is 13.1 Å². The number of hydrogen-bond donors (Lipinski definition) is 1. The third kappa shape index (κ3) is 4.95. The number of likely N-dealkylation sites (tertiary alicyclic amines) is 2. The summed E-state index contributed by atoms with van der Waals surface area (Å²) in [5.41, 5.74) is 2.14. The maximum atomic E-state index is 12.9. The predicted octanol–water partition coefficient (Wildman–Crippen LogP) is 2.84. The lowest BCUT2D eigenvalue weighted by Gasteiger charge is -2.31. The van der Waals surface area contributed by atoms with Crippen molar-refractivity contribution in [3.8, 4) is 11.5 Å². The molecule has 0 saturated carbocycles. The summed E-state index contributed by atoms with van der Waals surface area (Å²) in [4.78, 5) is 16.8. The highest BCUT2D eigenvalue weighted by atomic mass is 32.1. The van der Waals surface area contributed by atoms with Crippen LogP contribution in [0.5, 0.6) is 0 Å². The minimum Gasteiger partial charge on any atom is -0.409 e. The van der Waals surface area contributed by atoms with Crippen molar-refractivity contribution in [2.75, 3.05) is 26.2 Å². The molecule has 2 saturated heterocycles. The standard InChI is InChI=1S/C22H30N4O2S/c1-17-6-8-18(9-7-17)20-23-26(22(29)28-20)16-24-14-10-19(11-15-24)21(27)25-12-4-2-3-5-13-25/h6-9,19H,2-5,10-16H2,1H3/p+1. The number of quaternary nitrogens is 1. The van der Waals surface area contributed by atoms with Crippen LogP contribution in [-0.4, -0.2) is 46.8 Å². The first kappa shape index (κ1) is 20.3. The Hall–Kier alpha value is -1.99. The second-order valence-corrected chi connectivity index (χ2v) is 8.81. The van der Waals surface area contributed by atoms with Crippen molar-refractivity contribution in [2.24, 2.45) is 5.92 Å². The Balaban J connectivity index is 1.33. The molecule has 0 unspecified atom stereocenters. The fraction of sp³-hybridized carbons (Fsp3) is 0.591. The molecule has 0 atom stereocenters. The van der Waals surface area contributed by atoms with E-state index in [-0.39, 0.29) is 5.92 Å². The molecule has 0 aliphatic carbocycles. The highest BCUT2D eigenvalue weighted by molar-refractivity contribution is 7.71. The number of aryl methyl sites for hydroxylation is 1. The van der Waals surface area contributed by atoms with Gasteiger partial charge in [0.1, 0.15) is 0 Å². The van der Waals surface area contributed by atoms with Crippen molar-refractivity contribution in [3.63, 3.8) is 0 Å². The SMILES string of the molecule is Cc1ccc(-c2nn(C[NH+]3CCC(C(=O)N4CCCCCC4)CC3)c(=S)o2)cc1. The topological polar surface area (TPSA) is 55.7 Å². The Morgan fingerprint density at radius 1 is 1.14 bits per heavy atom. The zero-order valence-electron chi connectivity index (χ0n) is 17.2. The summed E-state index contributed by atoms with van der Waals surface area (Å²) in [7, 11) is 0. The smallest absolute Gasteiger partial charge is 0.292 e. The Morgan fingerprint density at radius 3 is 2.45 bits per heavy atom. The molecule has 156 valence electrons. The Morgan fingerprint density at radius 2 is 1.79 bits per heavy atom. The summed E-state index contributed by atoms with van der Waals surface area (Å²) in [5.74, 6) is 1.14. The van der Waals surface area contributed by atoms with Crippen LogP contribution >= 0.6 is 12.2 Å². The molecular formula is C22H31N4O2S+. The molecule has 7 heteroatoms. The van der Waals surface area contributed by atoms with Crippen molar-refractivity contribution in [1.82, 2.24) is 14.7 Å². The lowest BCUT2D eigenvalue weighted by atomic mass is 9.95. The summed E-state index contributed by atoms with van der Waals surface area (Å²) in [5, 5.41) is 4.59. The molecule has 1 N–H and O–H groups in total. The van der Waals surface area contributed by atoms with Crippen molar-refractivity contribution in [3.05, 3.63) is 34.7 Å². The monoisotopic (exact) mass is 415 g/mol. The number of hydrogen-bond acceptors (Lipinski definition) is 4. The molecule has 1 aromatic heterocycles. The molecule has 6 nitrogen and oxygen atoms in total. The number of benzene rings is 1. The average Bonchev–Trinajstić information content (AvgIpc) is 2.94. The quantitative estimate of drug-likeness (QED) is 0.781. The number of amides is 1. The molecular weight excluding hydrogens is 384 g/mol. The van der Waals surface area contributed by atoms with Gasteiger partial charge in [-0.1, -0.05) is 30.5 Å². The molecule has 3 heterocycles. The van der Waals surface area contributed by atoms with Gasteiger partial charge < -0.3 is 14.2 Å². The van der Waals surface area contributed by atoms with E-state index in [2.05, 4.69) is 16.9 Å². The molecule has 1 amide bonds. The number of nitrogens with one attached hydrogen (secondary N) is 1. The Labute approximate surface area is 177 Å². The number of aromatic nitrogens is 2. The van der Waals surface area contributed by atoms with Crippen LogP contribution in [-0.2, 0) is 11.5 Å². The maximum Gasteiger partial charge on any atom is 0.292 e. The first-order chi connectivity index (χ1) is 14.1. The molecule has 2 fully saturated rings.